The van der Waals surface area contributed by atoms with Gasteiger partial charge >= 0.3 is 0 Å². The monoisotopic (exact) mass is 421 g/mol. The van der Waals surface area contributed by atoms with E-state index in [2.05, 4.69) is 66.1 Å². The van der Waals surface area contributed by atoms with E-state index in [-0.39, 0.29) is 0 Å². The largest absolute Gasteiger partial charge is 0.367 e. The van der Waals surface area contributed by atoms with Crippen LogP contribution < -0.4 is 10.6 Å². The van der Waals surface area contributed by atoms with Gasteiger partial charge in [-0.15, -0.1) is 0 Å². The Bertz CT molecular complexity index is 859. The van der Waals surface area contributed by atoms with Crippen molar-refractivity contribution in [3.8, 4) is 0 Å². The topological polar surface area (TPSA) is 46.2 Å². The van der Waals surface area contributed by atoms with Gasteiger partial charge in [-0.25, -0.2) is 0 Å². The van der Waals surface area contributed by atoms with Crippen LogP contribution in [0.3, 0.4) is 0 Å². The van der Waals surface area contributed by atoms with E-state index in [1.165, 1.54) is 29.7 Å². The maximum absolute atomic E-state index is 6.30. The minimum Gasteiger partial charge on any atom is -0.367 e. The molecule has 2 atom stereocenters. The highest BCUT2D eigenvalue weighted by Gasteiger charge is 2.31. The van der Waals surface area contributed by atoms with Crippen LogP contribution in [0.1, 0.15) is 35.1 Å². The summed E-state index contributed by atoms with van der Waals surface area (Å²) in [6, 6.07) is 10.9. The average Bonchev–Trinajstić information content (AvgIpc) is 3.41. The molecule has 1 aromatic carbocycles. The van der Waals surface area contributed by atoms with Crippen molar-refractivity contribution in [2.45, 2.75) is 32.1 Å². The first-order valence-corrected chi connectivity index (χ1v) is 11.6. The van der Waals surface area contributed by atoms with E-state index < -0.39 is 0 Å². The summed E-state index contributed by atoms with van der Waals surface area (Å²) in [6.07, 6.45) is 10.8. The Labute approximate surface area is 187 Å². The number of likely N-dealkylation sites (tertiary alicyclic amines) is 1. The number of nitrogens with one attached hydrogen (secondary N) is 2. The van der Waals surface area contributed by atoms with Crippen LogP contribution in [-0.4, -0.2) is 62.4 Å². The van der Waals surface area contributed by atoms with E-state index >= 15 is 0 Å². The van der Waals surface area contributed by atoms with Crippen molar-refractivity contribution in [2.24, 2.45) is 5.92 Å². The predicted octanol–water partition coefficient (Wildman–Crippen LogP) is 3.32. The Morgan fingerprint density at radius 2 is 2.03 bits per heavy atom. The van der Waals surface area contributed by atoms with Crippen molar-refractivity contribution in [3.05, 3.63) is 65.0 Å². The van der Waals surface area contributed by atoms with Crippen LogP contribution in [-0.2, 0) is 17.9 Å². The second-order valence-corrected chi connectivity index (χ2v) is 9.76. The minimum absolute atomic E-state index is 0.362. The van der Waals surface area contributed by atoms with Crippen molar-refractivity contribution in [1.82, 2.24) is 15.6 Å². The third-order valence-electron chi connectivity index (χ3n) is 6.39. The zero-order chi connectivity index (χ0) is 21.5. The molecule has 0 amide bonds. The van der Waals surface area contributed by atoms with E-state index in [9.17, 15) is 0 Å². The zero-order valence-electron chi connectivity index (χ0n) is 19.0. The van der Waals surface area contributed by atoms with Crippen molar-refractivity contribution in [2.75, 3.05) is 46.8 Å². The maximum atomic E-state index is 6.30. The van der Waals surface area contributed by atoms with Crippen molar-refractivity contribution < 1.29 is 9.22 Å². The third kappa shape index (κ3) is 6.97. The lowest BCUT2D eigenvalue weighted by atomic mass is 10.0. The molecule has 0 bridgehead atoms. The van der Waals surface area contributed by atoms with E-state index in [4.69, 9.17) is 4.74 Å². The molecular weight excluding hydrogens is 384 g/mol. The third-order valence-corrected chi connectivity index (χ3v) is 6.39. The fourth-order valence-corrected chi connectivity index (χ4v) is 4.63. The van der Waals surface area contributed by atoms with Crippen LogP contribution in [0.5, 0.6) is 0 Å². The van der Waals surface area contributed by atoms with E-state index in [0.717, 1.165) is 55.1 Å². The normalized spacial score (nSPS) is 23.0. The molecule has 5 nitrogen and oxygen atoms in total. The smallest absolute Gasteiger partial charge is 0.112 e. The van der Waals surface area contributed by atoms with Crippen LogP contribution in [0.2, 0.25) is 0 Å². The number of rotatable bonds is 9. The van der Waals surface area contributed by atoms with Gasteiger partial charge in [0.1, 0.15) is 12.6 Å². The molecule has 166 valence electrons. The number of benzene rings is 1. The first-order chi connectivity index (χ1) is 15.1. The second-order valence-electron chi connectivity index (χ2n) is 9.76. The van der Waals surface area contributed by atoms with E-state index in [1.807, 2.05) is 18.5 Å². The van der Waals surface area contributed by atoms with E-state index in [0.29, 0.717) is 12.7 Å². The molecule has 2 aromatic rings. The number of hydrogen-bond donors (Lipinski definition) is 2. The second kappa shape index (κ2) is 10.5. The lowest BCUT2D eigenvalue weighted by molar-refractivity contribution is -0.879. The van der Waals surface area contributed by atoms with Gasteiger partial charge in [0.15, 0.2) is 0 Å². The van der Waals surface area contributed by atoms with Crippen LogP contribution in [0.25, 0.3) is 12.2 Å². The summed E-state index contributed by atoms with van der Waals surface area (Å²) in [5, 5.41) is 7.11. The lowest BCUT2D eigenvalue weighted by Gasteiger charge is -2.23. The summed E-state index contributed by atoms with van der Waals surface area (Å²) >= 11 is 0. The average molecular weight is 422 g/mol. The molecule has 31 heavy (non-hydrogen) atoms. The molecule has 2 aliphatic rings. The molecule has 0 spiro atoms. The molecule has 1 aromatic heterocycles. The summed E-state index contributed by atoms with van der Waals surface area (Å²) in [5.41, 5.74) is 4.90. The SMILES string of the molecule is C[N+]1(C)CCC(OCc2cc(C=Cc3cccnc3)cc(CNCC3CCNC3)c2)C1. The van der Waals surface area contributed by atoms with Crippen LogP contribution in [0.4, 0.5) is 0 Å². The molecule has 0 radical (unpaired) electrons. The highest BCUT2D eigenvalue weighted by molar-refractivity contribution is 5.69. The molecule has 2 fully saturated rings. The summed E-state index contributed by atoms with van der Waals surface area (Å²) < 4.78 is 7.36. The van der Waals surface area contributed by atoms with Crippen molar-refractivity contribution >= 4 is 12.2 Å². The number of likely N-dealkylation sites (N-methyl/N-ethyl adjacent to an activating group) is 1. The Balaban J connectivity index is 1.42. The zero-order valence-corrected chi connectivity index (χ0v) is 19.0. The molecule has 2 aliphatic heterocycles. The van der Waals surface area contributed by atoms with Gasteiger partial charge in [0.05, 0.1) is 27.2 Å². The Hall–Kier alpha value is -2.05. The number of pyridine rings is 1. The molecule has 3 heterocycles. The first-order valence-electron chi connectivity index (χ1n) is 11.6. The molecule has 0 aliphatic carbocycles. The Kier molecular flexibility index (Phi) is 7.51. The summed E-state index contributed by atoms with van der Waals surface area (Å²) in [6.45, 7) is 7.23. The Morgan fingerprint density at radius 1 is 1.16 bits per heavy atom. The van der Waals surface area contributed by atoms with Gasteiger partial charge in [-0.3, -0.25) is 4.98 Å². The quantitative estimate of drug-likeness (QED) is 0.610. The van der Waals surface area contributed by atoms with Gasteiger partial charge in [0, 0.05) is 25.4 Å². The summed E-state index contributed by atoms with van der Waals surface area (Å²) in [4.78, 5) is 4.21. The van der Waals surface area contributed by atoms with Crippen LogP contribution >= 0.6 is 0 Å². The molecule has 2 N–H and O–H groups in total. The molecule has 5 heteroatoms. The van der Waals surface area contributed by atoms with Crippen molar-refractivity contribution in [1.29, 1.82) is 0 Å². The van der Waals surface area contributed by atoms with Gasteiger partial charge in [0.2, 0.25) is 0 Å². The molecular formula is C26H37N4O+. The molecule has 4 rings (SSSR count). The number of aromatic nitrogens is 1. The predicted molar refractivity (Wildman–Crippen MR) is 127 cm³/mol. The van der Waals surface area contributed by atoms with Gasteiger partial charge in [0.25, 0.3) is 0 Å². The van der Waals surface area contributed by atoms with Gasteiger partial charge in [-0.2, -0.15) is 0 Å². The fraction of sp³-hybridized carbons (Fsp3) is 0.500. The fourth-order valence-electron chi connectivity index (χ4n) is 4.63. The van der Waals surface area contributed by atoms with Crippen molar-refractivity contribution in [3.63, 3.8) is 0 Å². The minimum atomic E-state index is 0.362. The number of ether oxygens (including phenoxy) is 1. The van der Waals surface area contributed by atoms with Crippen LogP contribution in [0.15, 0.2) is 42.7 Å². The van der Waals surface area contributed by atoms with Crippen LogP contribution in [0, 0.1) is 5.92 Å². The standard InChI is InChI=1S/C26H37N4O/c1-30(2)11-8-26(19-30)31-20-25-13-22(6-5-21-4-3-9-27-15-21)12-24(14-25)18-29-17-23-7-10-28-16-23/h3-6,9,12-15,23,26,28-29H,7-8,10-11,16-20H2,1-2H3/q+1. The molecule has 0 saturated carbocycles. The summed E-state index contributed by atoms with van der Waals surface area (Å²) in [5.74, 6) is 0.750. The van der Waals surface area contributed by atoms with E-state index in [1.54, 1.807) is 0 Å². The van der Waals surface area contributed by atoms with Gasteiger partial charge in [-0.05, 0) is 66.4 Å². The lowest BCUT2D eigenvalue weighted by Crippen LogP contribution is -2.37. The maximum Gasteiger partial charge on any atom is 0.112 e. The number of nitrogens with zero attached hydrogens (tertiary/aromatic N) is 2. The van der Waals surface area contributed by atoms with Gasteiger partial charge < -0.3 is 19.9 Å². The van der Waals surface area contributed by atoms with Gasteiger partial charge in [-0.1, -0.05) is 30.4 Å². The molecule has 2 unspecified atom stereocenters. The molecule has 2 saturated heterocycles. The number of hydrogen-bond acceptors (Lipinski definition) is 4. The number of quaternary nitrogens is 1. The summed E-state index contributed by atoms with van der Waals surface area (Å²) in [7, 11) is 4.58. The first kappa shape index (κ1) is 22.2. The Morgan fingerprint density at radius 3 is 2.77 bits per heavy atom. The highest BCUT2D eigenvalue weighted by Crippen LogP contribution is 2.20. The highest BCUT2D eigenvalue weighted by atomic mass is 16.5.